The van der Waals surface area contributed by atoms with E-state index in [0.717, 1.165) is 11.2 Å². The lowest BCUT2D eigenvalue weighted by Gasteiger charge is -1.94. The second kappa shape index (κ2) is 4.78. The van der Waals surface area contributed by atoms with Gasteiger partial charge in [-0.05, 0) is 42.7 Å². The van der Waals surface area contributed by atoms with Crippen LogP contribution in [0.25, 0.3) is 5.65 Å². The highest BCUT2D eigenvalue weighted by Crippen LogP contribution is 2.05. The van der Waals surface area contributed by atoms with Gasteiger partial charge in [0.1, 0.15) is 5.65 Å². The van der Waals surface area contributed by atoms with Gasteiger partial charge >= 0.3 is 0 Å². The molecule has 0 atom stereocenters. The standard InChI is InChI=1S/C14H11N3OS/c1-10-5-7-11(8-6-10)13(18)16-14-15-12-4-2-3-9-17(12)19-14/h2-9H,1H3. The third-order valence-electron chi connectivity index (χ3n) is 2.69. The number of hydrogen-bond donors (Lipinski definition) is 0. The van der Waals surface area contributed by atoms with E-state index in [1.54, 1.807) is 12.1 Å². The monoisotopic (exact) mass is 269 g/mol. The molecule has 4 nitrogen and oxygen atoms in total. The van der Waals surface area contributed by atoms with Gasteiger partial charge in [0.15, 0.2) is 0 Å². The van der Waals surface area contributed by atoms with Crippen LogP contribution in [-0.2, 0) is 0 Å². The molecule has 1 amide bonds. The average Bonchev–Trinajstić information content (AvgIpc) is 2.81. The maximum atomic E-state index is 12.0. The normalized spacial score (nSPS) is 11.9. The van der Waals surface area contributed by atoms with E-state index in [9.17, 15) is 4.79 Å². The van der Waals surface area contributed by atoms with Crippen molar-refractivity contribution >= 4 is 23.1 Å². The Hall–Kier alpha value is -2.27. The van der Waals surface area contributed by atoms with Crippen LogP contribution in [0, 0.1) is 6.92 Å². The Morgan fingerprint density at radius 3 is 2.74 bits per heavy atom. The van der Waals surface area contributed by atoms with Crippen LogP contribution in [0.3, 0.4) is 0 Å². The summed E-state index contributed by atoms with van der Waals surface area (Å²) in [7, 11) is 0. The highest BCUT2D eigenvalue weighted by Gasteiger charge is 2.04. The first-order chi connectivity index (χ1) is 9.22. The third-order valence-corrected chi connectivity index (χ3v) is 3.54. The first kappa shape index (κ1) is 11.8. The smallest absolute Gasteiger partial charge is 0.267 e. The van der Waals surface area contributed by atoms with Crippen LogP contribution in [0.1, 0.15) is 15.9 Å². The highest BCUT2D eigenvalue weighted by atomic mass is 32.1. The number of aromatic nitrogens is 2. The van der Waals surface area contributed by atoms with Crippen LogP contribution in [0.4, 0.5) is 0 Å². The van der Waals surface area contributed by atoms with Crippen LogP contribution >= 0.6 is 11.5 Å². The van der Waals surface area contributed by atoms with Gasteiger partial charge in [0.05, 0.1) is 0 Å². The van der Waals surface area contributed by atoms with E-state index in [-0.39, 0.29) is 5.91 Å². The summed E-state index contributed by atoms with van der Waals surface area (Å²) in [6, 6.07) is 13.1. The molecule has 2 aromatic heterocycles. The molecule has 0 aliphatic carbocycles. The largest absolute Gasteiger partial charge is 0.279 e. The minimum Gasteiger partial charge on any atom is -0.267 e. The van der Waals surface area contributed by atoms with E-state index in [1.807, 2.05) is 47.2 Å². The summed E-state index contributed by atoms with van der Waals surface area (Å²) >= 11 is 1.34. The van der Waals surface area contributed by atoms with Crippen LogP contribution in [0.15, 0.2) is 53.7 Å². The number of benzene rings is 1. The second-order valence-corrected chi connectivity index (χ2v) is 5.09. The lowest BCUT2D eigenvalue weighted by atomic mass is 10.1. The zero-order valence-electron chi connectivity index (χ0n) is 10.3. The van der Waals surface area contributed by atoms with Crippen LogP contribution < -0.4 is 4.80 Å². The van der Waals surface area contributed by atoms with Crippen molar-refractivity contribution < 1.29 is 4.79 Å². The number of fused-ring (bicyclic) bond motifs is 1. The van der Waals surface area contributed by atoms with Gasteiger partial charge in [-0.1, -0.05) is 23.8 Å². The fourth-order valence-corrected chi connectivity index (χ4v) is 2.44. The van der Waals surface area contributed by atoms with Crippen molar-refractivity contribution in [1.82, 2.24) is 8.77 Å². The number of amides is 1. The summed E-state index contributed by atoms with van der Waals surface area (Å²) in [5.41, 5.74) is 2.49. The molecule has 0 aliphatic rings. The SMILES string of the molecule is Cc1ccc(C(=O)N=c2nc3ccccn3s2)cc1. The molecule has 2 heterocycles. The van der Waals surface area contributed by atoms with Gasteiger partial charge in [-0.3, -0.25) is 8.58 Å². The van der Waals surface area contributed by atoms with Crippen molar-refractivity contribution in [2.75, 3.05) is 0 Å². The summed E-state index contributed by atoms with van der Waals surface area (Å²) in [6.07, 6.45) is 1.89. The van der Waals surface area contributed by atoms with Gasteiger partial charge < -0.3 is 0 Å². The molecule has 0 saturated heterocycles. The summed E-state index contributed by atoms with van der Waals surface area (Å²) in [6.45, 7) is 1.98. The van der Waals surface area contributed by atoms with Crippen molar-refractivity contribution in [3.05, 3.63) is 64.6 Å². The van der Waals surface area contributed by atoms with Crippen molar-refractivity contribution in [2.24, 2.45) is 4.99 Å². The van der Waals surface area contributed by atoms with Gasteiger partial charge in [0.2, 0.25) is 4.80 Å². The van der Waals surface area contributed by atoms with Gasteiger partial charge in [0.25, 0.3) is 5.91 Å². The van der Waals surface area contributed by atoms with E-state index in [0.29, 0.717) is 10.4 Å². The summed E-state index contributed by atoms with van der Waals surface area (Å²) in [4.78, 5) is 20.8. The number of rotatable bonds is 1. The van der Waals surface area contributed by atoms with E-state index in [4.69, 9.17) is 0 Å². The Balaban J connectivity index is 2.00. The molecule has 0 unspecified atom stereocenters. The number of carbonyl (C=O) groups is 1. The van der Waals surface area contributed by atoms with Gasteiger partial charge in [0, 0.05) is 11.8 Å². The number of pyridine rings is 1. The van der Waals surface area contributed by atoms with Crippen LogP contribution in [-0.4, -0.2) is 14.7 Å². The lowest BCUT2D eigenvalue weighted by molar-refractivity contribution is 0.0998. The van der Waals surface area contributed by atoms with Gasteiger partial charge in [-0.2, -0.15) is 9.98 Å². The molecular formula is C14H11N3OS. The fraction of sp³-hybridized carbons (Fsp3) is 0.0714. The maximum absolute atomic E-state index is 12.0. The minimum absolute atomic E-state index is 0.264. The lowest BCUT2D eigenvalue weighted by Crippen LogP contribution is -2.04. The maximum Gasteiger partial charge on any atom is 0.279 e. The molecule has 0 saturated carbocycles. The zero-order valence-corrected chi connectivity index (χ0v) is 11.1. The summed E-state index contributed by atoms with van der Waals surface area (Å²) in [5, 5.41) is 0. The Morgan fingerprint density at radius 1 is 1.21 bits per heavy atom. The topological polar surface area (TPSA) is 46.7 Å². The van der Waals surface area contributed by atoms with Crippen LogP contribution in [0.5, 0.6) is 0 Å². The first-order valence-corrected chi connectivity index (χ1v) is 6.60. The molecule has 0 N–H and O–H groups in total. The molecule has 3 aromatic rings. The van der Waals surface area contributed by atoms with E-state index < -0.39 is 0 Å². The van der Waals surface area contributed by atoms with E-state index in [2.05, 4.69) is 9.98 Å². The summed E-state index contributed by atoms with van der Waals surface area (Å²) < 4.78 is 1.88. The molecule has 19 heavy (non-hydrogen) atoms. The second-order valence-electron chi connectivity index (χ2n) is 4.15. The highest BCUT2D eigenvalue weighted by molar-refractivity contribution is 7.03. The Morgan fingerprint density at radius 2 is 2.00 bits per heavy atom. The number of aryl methyl sites for hydroxylation is 1. The first-order valence-electron chi connectivity index (χ1n) is 5.83. The fourth-order valence-electron chi connectivity index (χ4n) is 1.68. The van der Waals surface area contributed by atoms with Crippen molar-refractivity contribution in [1.29, 1.82) is 0 Å². The number of nitrogens with zero attached hydrogens (tertiary/aromatic N) is 3. The molecule has 0 fully saturated rings. The molecular weight excluding hydrogens is 258 g/mol. The molecule has 94 valence electrons. The van der Waals surface area contributed by atoms with Crippen molar-refractivity contribution in [3.8, 4) is 0 Å². The molecule has 3 rings (SSSR count). The van der Waals surface area contributed by atoms with E-state index in [1.165, 1.54) is 11.5 Å². The number of carbonyl (C=O) groups excluding carboxylic acids is 1. The predicted molar refractivity (Wildman–Crippen MR) is 74.1 cm³/mol. The zero-order chi connectivity index (χ0) is 13.2. The van der Waals surface area contributed by atoms with Crippen LogP contribution in [0.2, 0.25) is 0 Å². The predicted octanol–water partition coefficient (Wildman–Crippen LogP) is 2.45. The molecule has 1 aromatic carbocycles. The number of hydrogen-bond acceptors (Lipinski definition) is 3. The van der Waals surface area contributed by atoms with Gasteiger partial charge in [-0.25, -0.2) is 0 Å². The third kappa shape index (κ3) is 2.46. The average molecular weight is 269 g/mol. The Bertz CT molecular complexity index is 763. The Labute approximate surface area is 113 Å². The molecule has 0 spiro atoms. The Kier molecular flexibility index (Phi) is 2.97. The molecule has 0 aliphatic heterocycles. The molecule has 0 bridgehead atoms. The van der Waals surface area contributed by atoms with Gasteiger partial charge in [-0.15, -0.1) is 0 Å². The minimum atomic E-state index is -0.264. The van der Waals surface area contributed by atoms with E-state index >= 15 is 0 Å². The molecule has 5 heteroatoms. The quantitative estimate of drug-likeness (QED) is 0.681. The van der Waals surface area contributed by atoms with Crippen molar-refractivity contribution in [3.63, 3.8) is 0 Å². The molecule has 0 radical (unpaired) electrons. The summed E-state index contributed by atoms with van der Waals surface area (Å²) in [5.74, 6) is -0.264. The van der Waals surface area contributed by atoms with Crippen molar-refractivity contribution in [2.45, 2.75) is 6.92 Å².